The molecule has 1 heterocycles. The molecule has 1 aromatic carbocycles. The fourth-order valence-corrected chi connectivity index (χ4v) is 3.16. The van der Waals surface area contributed by atoms with Crippen molar-refractivity contribution in [1.29, 1.82) is 0 Å². The number of ether oxygens (including phenoxy) is 1. The van der Waals surface area contributed by atoms with E-state index >= 15 is 0 Å². The number of carbonyl (C=O) groups is 1. The SMILES string of the molecule is COC(CNC(=O)CSc1ccc(F)cc1)c1ccsc1. The van der Waals surface area contributed by atoms with Crippen molar-refractivity contribution in [1.82, 2.24) is 5.32 Å². The second kappa shape index (κ2) is 8.17. The van der Waals surface area contributed by atoms with Crippen molar-refractivity contribution in [2.24, 2.45) is 0 Å². The molecule has 2 aromatic rings. The summed E-state index contributed by atoms with van der Waals surface area (Å²) < 4.78 is 18.1. The third-order valence-electron chi connectivity index (χ3n) is 2.87. The second-order valence-corrected chi connectivity index (χ2v) is 6.16. The molecule has 3 nitrogen and oxygen atoms in total. The first kappa shape index (κ1) is 16.0. The van der Waals surface area contributed by atoms with E-state index < -0.39 is 0 Å². The normalized spacial score (nSPS) is 12.1. The lowest BCUT2D eigenvalue weighted by Gasteiger charge is -2.14. The number of thiophene rings is 1. The molecule has 0 aliphatic rings. The fourth-order valence-electron chi connectivity index (χ4n) is 1.73. The van der Waals surface area contributed by atoms with Crippen molar-refractivity contribution in [3.05, 3.63) is 52.5 Å². The molecule has 0 radical (unpaired) electrons. The zero-order valence-electron chi connectivity index (χ0n) is 11.5. The Hall–Kier alpha value is -1.37. The van der Waals surface area contributed by atoms with Crippen LogP contribution in [0.5, 0.6) is 0 Å². The van der Waals surface area contributed by atoms with Crippen LogP contribution in [0.15, 0.2) is 46.0 Å². The first-order valence-corrected chi connectivity index (χ1v) is 8.32. The van der Waals surface area contributed by atoms with E-state index in [1.165, 1.54) is 23.9 Å². The number of nitrogens with one attached hydrogen (secondary N) is 1. The van der Waals surface area contributed by atoms with Gasteiger partial charge in [0.25, 0.3) is 0 Å². The van der Waals surface area contributed by atoms with Crippen molar-refractivity contribution in [2.75, 3.05) is 19.4 Å². The molecule has 21 heavy (non-hydrogen) atoms. The Balaban J connectivity index is 1.75. The maximum atomic E-state index is 12.8. The number of thioether (sulfide) groups is 1. The molecular weight excluding hydrogens is 309 g/mol. The third kappa shape index (κ3) is 5.15. The Morgan fingerprint density at radius 3 is 2.76 bits per heavy atom. The molecule has 1 aromatic heterocycles. The lowest BCUT2D eigenvalue weighted by Crippen LogP contribution is -2.30. The summed E-state index contributed by atoms with van der Waals surface area (Å²) >= 11 is 2.98. The van der Waals surface area contributed by atoms with Gasteiger partial charge in [0.1, 0.15) is 11.9 Å². The zero-order valence-corrected chi connectivity index (χ0v) is 13.2. The highest BCUT2D eigenvalue weighted by molar-refractivity contribution is 8.00. The van der Waals surface area contributed by atoms with Gasteiger partial charge in [-0.1, -0.05) is 0 Å². The van der Waals surface area contributed by atoms with Crippen LogP contribution in [0.1, 0.15) is 11.7 Å². The summed E-state index contributed by atoms with van der Waals surface area (Å²) in [6.45, 7) is 0.441. The van der Waals surface area contributed by atoms with Gasteiger partial charge in [0, 0.05) is 18.6 Å². The Kier molecular flexibility index (Phi) is 6.22. The van der Waals surface area contributed by atoms with E-state index in [2.05, 4.69) is 5.32 Å². The zero-order chi connectivity index (χ0) is 15.1. The molecule has 1 amide bonds. The number of hydrogen-bond acceptors (Lipinski definition) is 4. The molecule has 112 valence electrons. The van der Waals surface area contributed by atoms with Crippen LogP contribution in [0, 0.1) is 5.82 Å². The van der Waals surface area contributed by atoms with Crippen LogP contribution in [0.2, 0.25) is 0 Å². The lowest BCUT2D eigenvalue weighted by molar-refractivity contribution is -0.119. The molecule has 1 unspecified atom stereocenters. The summed E-state index contributed by atoms with van der Waals surface area (Å²) in [5, 5.41) is 6.84. The quantitative estimate of drug-likeness (QED) is 0.792. The molecule has 0 aliphatic carbocycles. The number of methoxy groups -OCH3 is 1. The number of amides is 1. The maximum absolute atomic E-state index is 12.8. The minimum Gasteiger partial charge on any atom is -0.375 e. The Labute approximate surface area is 131 Å². The van der Waals surface area contributed by atoms with E-state index in [0.29, 0.717) is 12.3 Å². The molecule has 2 rings (SSSR count). The van der Waals surface area contributed by atoms with Crippen LogP contribution in [0.3, 0.4) is 0 Å². The first-order chi connectivity index (χ1) is 10.2. The average Bonchev–Trinajstić information content (AvgIpc) is 3.01. The summed E-state index contributed by atoms with van der Waals surface area (Å²) in [4.78, 5) is 12.7. The van der Waals surface area contributed by atoms with Crippen molar-refractivity contribution in [2.45, 2.75) is 11.0 Å². The van der Waals surface area contributed by atoms with E-state index in [4.69, 9.17) is 4.74 Å². The molecule has 6 heteroatoms. The third-order valence-corrected chi connectivity index (χ3v) is 4.58. The van der Waals surface area contributed by atoms with Gasteiger partial charge in [-0.05, 0) is 46.7 Å². The predicted octanol–water partition coefficient (Wildman–Crippen LogP) is 3.48. The molecule has 0 saturated carbocycles. The molecule has 1 N–H and O–H groups in total. The van der Waals surface area contributed by atoms with Crippen molar-refractivity contribution in [3.63, 3.8) is 0 Å². The van der Waals surface area contributed by atoms with Crippen LogP contribution in [-0.2, 0) is 9.53 Å². The molecule has 0 spiro atoms. The van der Waals surface area contributed by atoms with Crippen molar-refractivity contribution in [3.8, 4) is 0 Å². The Morgan fingerprint density at radius 1 is 1.38 bits per heavy atom. The summed E-state index contributed by atoms with van der Waals surface area (Å²) in [7, 11) is 1.63. The standard InChI is InChI=1S/C15H16FNO2S2/c1-19-14(11-6-7-20-9-11)8-17-15(18)10-21-13-4-2-12(16)3-5-13/h2-7,9,14H,8,10H2,1H3,(H,17,18). The fraction of sp³-hybridized carbons (Fsp3) is 0.267. The van der Waals surface area contributed by atoms with E-state index in [1.54, 1.807) is 30.6 Å². The highest BCUT2D eigenvalue weighted by Crippen LogP contribution is 2.19. The number of rotatable bonds is 7. The van der Waals surface area contributed by atoms with E-state index in [1.807, 2.05) is 16.8 Å². The topological polar surface area (TPSA) is 38.3 Å². The van der Waals surface area contributed by atoms with Gasteiger partial charge in [0.2, 0.25) is 5.91 Å². The molecular formula is C15H16FNO2S2. The minimum absolute atomic E-state index is 0.0680. The van der Waals surface area contributed by atoms with Gasteiger partial charge in [-0.2, -0.15) is 11.3 Å². The number of carbonyl (C=O) groups excluding carboxylic acids is 1. The summed E-state index contributed by atoms with van der Waals surface area (Å²) in [6.07, 6.45) is -0.129. The van der Waals surface area contributed by atoms with Gasteiger partial charge in [-0.15, -0.1) is 11.8 Å². The summed E-state index contributed by atoms with van der Waals surface area (Å²) in [5.41, 5.74) is 1.06. The monoisotopic (exact) mass is 325 g/mol. The highest BCUT2D eigenvalue weighted by Gasteiger charge is 2.12. The average molecular weight is 325 g/mol. The van der Waals surface area contributed by atoms with Crippen LogP contribution < -0.4 is 5.32 Å². The van der Waals surface area contributed by atoms with Gasteiger partial charge in [-0.3, -0.25) is 4.79 Å². The van der Waals surface area contributed by atoms with E-state index in [-0.39, 0.29) is 17.8 Å². The number of halogens is 1. The molecule has 0 bridgehead atoms. The van der Waals surface area contributed by atoms with Crippen LogP contribution in [0.4, 0.5) is 4.39 Å². The molecule has 0 fully saturated rings. The van der Waals surface area contributed by atoms with Gasteiger partial charge in [0.05, 0.1) is 5.75 Å². The largest absolute Gasteiger partial charge is 0.375 e. The molecule has 0 aliphatic heterocycles. The minimum atomic E-state index is -0.275. The predicted molar refractivity (Wildman–Crippen MR) is 84.2 cm³/mol. The van der Waals surface area contributed by atoms with Gasteiger partial charge >= 0.3 is 0 Å². The molecule has 0 saturated heterocycles. The number of benzene rings is 1. The van der Waals surface area contributed by atoms with Gasteiger partial charge < -0.3 is 10.1 Å². The van der Waals surface area contributed by atoms with Crippen LogP contribution in [0.25, 0.3) is 0 Å². The Morgan fingerprint density at radius 2 is 2.14 bits per heavy atom. The summed E-state index contributed by atoms with van der Waals surface area (Å²) in [5.74, 6) is -0.0461. The van der Waals surface area contributed by atoms with Crippen LogP contribution in [-0.4, -0.2) is 25.3 Å². The first-order valence-electron chi connectivity index (χ1n) is 6.39. The van der Waals surface area contributed by atoms with Crippen molar-refractivity contribution < 1.29 is 13.9 Å². The number of hydrogen-bond donors (Lipinski definition) is 1. The molecule has 1 atom stereocenters. The van der Waals surface area contributed by atoms with Gasteiger partial charge in [-0.25, -0.2) is 4.39 Å². The summed E-state index contributed by atoms with van der Waals surface area (Å²) in [6, 6.07) is 8.08. The van der Waals surface area contributed by atoms with Crippen LogP contribution >= 0.6 is 23.1 Å². The lowest BCUT2D eigenvalue weighted by atomic mass is 10.2. The Bertz CT molecular complexity index is 558. The highest BCUT2D eigenvalue weighted by atomic mass is 32.2. The smallest absolute Gasteiger partial charge is 0.230 e. The second-order valence-electron chi connectivity index (χ2n) is 4.33. The van der Waals surface area contributed by atoms with E-state index in [9.17, 15) is 9.18 Å². The van der Waals surface area contributed by atoms with E-state index in [0.717, 1.165) is 10.5 Å². The maximum Gasteiger partial charge on any atom is 0.230 e. The van der Waals surface area contributed by atoms with Crippen molar-refractivity contribution >= 4 is 29.0 Å². The van der Waals surface area contributed by atoms with Gasteiger partial charge in [0.15, 0.2) is 0 Å².